The van der Waals surface area contributed by atoms with E-state index in [2.05, 4.69) is 5.32 Å². The number of halogens is 2. The van der Waals surface area contributed by atoms with Crippen LogP contribution in [0.2, 0.25) is 0 Å². The van der Waals surface area contributed by atoms with Gasteiger partial charge in [0, 0.05) is 26.2 Å². The quantitative estimate of drug-likeness (QED) is 0.799. The summed E-state index contributed by atoms with van der Waals surface area (Å²) >= 11 is 0. The summed E-state index contributed by atoms with van der Waals surface area (Å²) in [4.78, 5) is 40.7. The summed E-state index contributed by atoms with van der Waals surface area (Å²) in [7, 11) is 3.41. The molecule has 1 fully saturated rings. The Kier molecular flexibility index (Phi) is 4.37. The normalized spacial score (nSPS) is 20.8. The Bertz CT molecular complexity index is 1040. The number of carbonyl (C=O) groups is 3. The molecule has 2 amide bonds. The van der Waals surface area contributed by atoms with Crippen LogP contribution in [0.15, 0.2) is 36.4 Å². The van der Waals surface area contributed by atoms with E-state index in [9.17, 15) is 23.2 Å². The van der Waals surface area contributed by atoms with Gasteiger partial charge in [0.05, 0.1) is 18.7 Å². The molecule has 29 heavy (non-hydrogen) atoms. The molecule has 1 saturated heterocycles. The third-order valence-corrected chi connectivity index (χ3v) is 5.45. The summed E-state index contributed by atoms with van der Waals surface area (Å²) in [5.41, 5.74) is 0.187. The molecular formula is C21H19F2N3O3. The molecule has 2 aliphatic rings. The van der Waals surface area contributed by atoms with Crippen molar-refractivity contribution in [1.82, 2.24) is 10.2 Å². The number of benzene rings is 2. The monoisotopic (exact) mass is 399 g/mol. The van der Waals surface area contributed by atoms with Crippen molar-refractivity contribution >= 4 is 23.3 Å². The van der Waals surface area contributed by atoms with Gasteiger partial charge in [-0.05, 0) is 35.4 Å². The maximum absolute atomic E-state index is 14.3. The van der Waals surface area contributed by atoms with Crippen LogP contribution in [-0.2, 0) is 21.7 Å². The highest BCUT2D eigenvalue weighted by atomic mass is 19.1. The lowest BCUT2D eigenvalue weighted by Gasteiger charge is -2.32. The number of carbonyl (C=O) groups excluding carboxylic acids is 3. The Hall–Kier alpha value is -3.29. The molecule has 8 heteroatoms. The van der Waals surface area contributed by atoms with Gasteiger partial charge in [-0.1, -0.05) is 12.1 Å². The molecular weight excluding hydrogens is 380 g/mol. The van der Waals surface area contributed by atoms with Gasteiger partial charge in [0.2, 0.25) is 5.91 Å². The first-order valence-electron chi connectivity index (χ1n) is 9.10. The molecule has 1 N–H and O–H groups in total. The van der Waals surface area contributed by atoms with Gasteiger partial charge in [-0.2, -0.15) is 0 Å². The number of rotatable bonds is 4. The lowest BCUT2D eigenvalue weighted by atomic mass is 9.86. The van der Waals surface area contributed by atoms with E-state index in [0.717, 1.165) is 0 Å². The van der Waals surface area contributed by atoms with Crippen molar-refractivity contribution < 1.29 is 23.2 Å². The van der Waals surface area contributed by atoms with Gasteiger partial charge in [0.1, 0.15) is 17.2 Å². The molecule has 1 atom stereocenters. The van der Waals surface area contributed by atoms with Gasteiger partial charge in [-0.25, -0.2) is 8.78 Å². The molecule has 2 aromatic rings. The Labute approximate surface area is 166 Å². The Morgan fingerprint density at radius 3 is 2.38 bits per heavy atom. The van der Waals surface area contributed by atoms with Crippen LogP contribution < -0.4 is 10.2 Å². The number of hydrogen-bond donors (Lipinski definition) is 1. The van der Waals surface area contributed by atoms with Crippen molar-refractivity contribution in [1.29, 1.82) is 0 Å². The number of amides is 2. The number of nitrogens with zero attached hydrogens (tertiary/aromatic N) is 2. The maximum Gasteiger partial charge on any atom is 0.254 e. The number of nitrogens with one attached hydrogen (secondary N) is 1. The first-order valence-corrected chi connectivity index (χ1v) is 9.10. The molecule has 0 saturated carbocycles. The van der Waals surface area contributed by atoms with Crippen molar-refractivity contribution in [2.75, 3.05) is 25.5 Å². The molecule has 4 rings (SSSR count). The Balaban J connectivity index is 1.70. The fourth-order valence-corrected chi connectivity index (χ4v) is 3.97. The van der Waals surface area contributed by atoms with E-state index in [4.69, 9.17) is 0 Å². The summed E-state index contributed by atoms with van der Waals surface area (Å²) in [6.45, 7) is 0.0665. The minimum Gasteiger partial charge on any atom is -0.375 e. The van der Waals surface area contributed by atoms with Crippen LogP contribution in [0.4, 0.5) is 14.5 Å². The van der Waals surface area contributed by atoms with Crippen LogP contribution in [0.1, 0.15) is 27.9 Å². The average molecular weight is 399 g/mol. The minimum absolute atomic E-state index is 0.115. The van der Waals surface area contributed by atoms with Gasteiger partial charge < -0.3 is 15.1 Å². The highest BCUT2D eigenvalue weighted by Gasteiger charge is 2.50. The van der Waals surface area contributed by atoms with Crippen molar-refractivity contribution in [3.8, 4) is 0 Å². The number of hydrogen-bond acceptors (Lipinski definition) is 4. The molecule has 0 radical (unpaired) electrons. The SMILES string of the molecule is CN(C)c1cc2c(cc1F)C(=O)N(CC1(c3ccc(F)cc3)NC(=O)CC1=O)C2. The second kappa shape index (κ2) is 6.65. The third kappa shape index (κ3) is 3.04. The van der Waals surface area contributed by atoms with E-state index in [0.29, 0.717) is 16.8 Å². The van der Waals surface area contributed by atoms with E-state index in [1.165, 1.54) is 35.2 Å². The average Bonchev–Trinajstić information content (AvgIpc) is 3.11. The number of fused-ring (bicyclic) bond motifs is 1. The second-order valence-corrected chi connectivity index (χ2v) is 7.58. The van der Waals surface area contributed by atoms with Gasteiger partial charge in [0.25, 0.3) is 5.91 Å². The standard InChI is InChI=1S/C21H19F2N3O3/c1-25(2)17-7-12-10-26(20(29)15(12)8-16(17)23)11-21(18(27)9-19(28)24-21)13-3-5-14(22)6-4-13/h3-8H,9-11H2,1-2H3,(H,24,28). The van der Waals surface area contributed by atoms with Crippen LogP contribution >= 0.6 is 0 Å². The summed E-state index contributed by atoms with van der Waals surface area (Å²) in [6, 6.07) is 8.07. The van der Waals surface area contributed by atoms with Crippen LogP contribution in [0.5, 0.6) is 0 Å². The van der Waals surface area contributed by atoms with Crippen molar-refractivity contribution in [2.24, 2.45) is 0 Å². The first kappa shape index (κ1) is 19.0. The zero-order chi connectivity index (χ0) is 20.9. The van der Waals surface area contributed by atoms with Gasteiger partial charge in [0.15, 0.2) is 5.78 Å². The second-order valence-electron chi connectivity index (χ2n) is 7.58. The highest BCUT2D eigenvalue weighted by molar-refractivity contribution is 6.11. The summed E-state index contributed by atoms with van der Waals surface area (Å²) < 4.78 is 27.7. The van der Waals surface area contributed by atoms with Crippen molar-refractivity contribution in [2.45, 2.75) is 18.5 Å². The lowest BCUT2D eigenvalue weighted by molar-refractivity contribution is -0.123. The van der Waals surface area contributed by atoms with E-state index in [-0.39, 0.29) is 25.1 Å². The van der Waals surface area contributed by atoms with Gasteiger partial charge in [-0.3, -0.25) is 14.4 Å². The largest absolute Gasteiger partial charge is 0.375 e. The zero-order valence-electron chi connectivity index (χ0n) is 16.0. The predicted octanol–water partition coefficient (Wildman–Crippen LogP) is 1.97. The van der Waals surface area contributed by atoms with E-state index in [1.807, 2.05) is 0 Å². The molecule has 0 bridgehead atoms. The summed E-state index contributed by atoms with van der Waals surface area (Å²) in [5, 5.41) is 2.68. The molecule has 0 spiro atoms. The molecule has 150 valence electrons. The fraction of sp³-hybridized carbons (Fsp3) is 0.286. The Morgan fingerprint density at radius 1 is 1.10 bits per heavy atom. The van der Waals surface area contributed by atoms with Crippen LogP contribution in [-0.4, -0.2) is 43.1 Å². The number of anilines is 1. The zero-order valence-corrected chi connectivity index (χ0v) is 16.0. The van der Waals surface area contributed by atoms with Crippen LogP contribution in [0.3, 0.4) is 0 Å². The minimum atomic E-state index is -1.45. The molecule has 0 aromatic heterocycles. The third-order valence-electron chi connectivity index (χ3n) is 5.45. The van der Waals surface area contributed by atoms with Crippen LogP contribution in [0, 0.1) is 11.6 Å². The molecule has 1 unspecified atom stereocenters. The van der Waals surface area contributed by atoms with Crippen molar-refractivity contribution in [3.63, 3.8) is 0 Å². The van der Waals surface area contributed by atoms with Crippen LogP contribution in [0.25, 0.3) is 0 Å². The highest BCUT2D eigenvalue weighted by Crippen LogP contribution is 2.35. The Morgan fingerprint density at radius 2 is 1.79 bits per heavy atom. The molecule has 6 nitrogen and oxygen atoms in total. The number of Topliss-reactive ketones (excluding diaryl/α,β-unsaturated/α-hetero) is 1. The summed E-state index contributed by atoms with van der Waals surface area (Å²) in [5.74, 6) is -2.25. The van der Waals surface area contributed by atoms with E-state index in [1.54, 1.807) is 25.1 Å². The predicted molar refractivity (Wildman–Crippen MR) is 101 cm³/mol. The molecule has 2 heterocycles. The van der Waals surface area contributed by atoms with E-state index < -0.39 is 34.8 Å². The van der Waals surface area contributed by atoms with E-state index >= 15 is 0 Å². The van der Waals surface area contributed by atoms with Gasteiger partial charge in [-0.15, -0.1) is 0 Å². The van der Waals surface area contributed by atoms with Crippen molar-refractivity contribution in [3.05, 3.63) is 64.7 Å². The topological polar surface area (TPSA) is 69.7 Å². The van der Waals surface area contributed by atoms with Gasteiger partial charge >= 0.3 is 0 Å². The molecule has 2 aliphatic heterocycles. The fourth-order valence-electron chi connectivity index (χ4n) is 3.97. The first-order chi connectivity index (χ1) is 13.7. The molecule has 2 aromatic carbocycles. The summed E-state index contributed by atoms with van der Waals surface area (Å²) in [6.07, 6.45) is -0.314. The maximum atomic E-state index is 14.3. The lowest BCUT2D eigenvalue weighted by Crippen LogP contribution is -2.52. The number of ketones is 1. The smallest absolute Gasteiger partial charge is 0.254 e. The molecule has 0 aliphatic carbocycles.